The third-order valence-electron chi connectivity index (χ3n) is 5.31. The smallest absolute Gasteiger partial charge is 0.292 e. The summed E-state index contributed by atoms with van der Waals surface area (Å²) in [5, 5.41) is 7.19. The molecule has 0 aliphatic carbocycles. The van der Waals surface area contributed by atoms with Gasteiger partial charge in [-0.15, -0.1) is 0 Å². The SMILES string of the molecule is CCc1cc(N2CCC(Nc3cnn(-c4ccc(F)cc4F)c(=O)c3Cl)CC2)ncn1. The quantitative estimate of drug-likeness (QED) is 0.645. The number of aromatic nitrogens is 4. The topological polar surface area (TPSA) is 75.9 Å². The summed E-state index contributed by atoms with van der Waals surface area (Å²) in [7, 11) is 0. The van der Waals surface area contributed by atoms with Crippen LogP contribution in [-0.2, 0) is 6.42 Å². The molecule has 0 atom stereocenters. The Labute approximate surface area is 182 Å². The Hall–Kier alpha value is -3.07. The van der Waals surface area contributed by atoms with Crippen LogP contribution in [0.2, 0.25) is 5.02 Å². The van der Waals surface area contributed by atoms with Gasteiger partial charge in [-0.25, -0.2) is 18.7 Å². The first-order chi connectivity index (χ1) is 15.0. The Morgan fingerprint density at radius 1 is 1.19 bits per heavy atom. The van der Waals surface area contributed by atoms with Crippen molar-refractivity contribution in [1.82, 2.24) is 19.7 Å². The molecule has 3 heterocycles. The molecule has 162 valence electrons. The highest BCUT2D eigenvalue weighted by Gasteiger charge is 2.22. The molecular weight excluding hydrogens is 426 g/mol. The molecule has 1 aliphatic heterocycles. The fraction of sp³-hybridized carbons (Fsp3) is 0.333. The molecule has 1 N–H and O–H groups in total. The van der Waals surface area contributed by atoms with Crippen LogP contribution in [0.15, 0.2) is 41.6 Å². The lowest BCUT2D eigenvalue weighted by Gasteiger charge is -2.33. The predicted molar refractivity (Wildman–Crippen MR) is 115 cm³/mol. The van der Waals surface area contributed by atoms with Crippen molar-refractivity contribution in [1.29, 1.82) is 0 Å². The number of nitrogens with one attached hydrogen (secondary N) is 1. The van der Waals surface area contributed by atoms with Crippen LogP contribution < -0.4 is 15.8 Å². The van der Waals surface area contributed by atoms with Crippen LogP contribution in [0.5, 0.6) is 0 Å². The molecule has 0 unspecified atom stereocenters. The molecule has 10 heteroatoms. The molecule has 4 rings (SSSR count). The molecule has 1 aromatic carbocycles. The van der Waals surface area contributed by atoms with Crippen molar-refractivity contribution in [3.8, 4) is 5.69 Å². The van der Waals surface area contributed by atoms with Crippen LogP contribution in [0.1, 0.15) is 25.5 Å². The second-order valence-electron chi connectivity index (χ2n) is 7.31. The molecule has 0 bridgehead atoms. The summed E-state index contributed by atoms with van der Waals surface area (Å²) < 4.78 is 28.0. The van der Waals surface area contributed by atoms with Crippen molar-refractivity contribution in [2.75, 3.05) is 23.3 Å². The largest absolute Gasteiger partial charge is 0.380 e. The fourth-order valence-electron chi connectivity index (χ4n) is 3.58. The van der Waals surface area contributed by atoms with E-state index in [9.17, 15) is 13.6 Å². The summed E-state index contributed by atoms with van der Waals surface area (Å²) in [5.41, 5.74) is 0.549. The number of benzene rings is 1. The maximum absolute atomic E-state index is 14.0. The summed E-state index contributed by atoms with van der Waals surface area (Å²) in [5.74, 6) is -0.721. The zero-order valence-electron chi connectivity index (χ0n) is 16.9. The maximum atomic E-state index is 14.0. The Morgan fingerprint density at radius 3 is 2.68 bits per heavy atom. The molecule has 1 fully saturated rings. The minimum Gasteiger partial charge on any atom is -0.380 e. The van der Waals surface area contributed by atoms with Gasteiger partial charge in [0.25, 0.3) is 5.56 Å². The van der Waals surface area contributed by atoms with E-state index in [-0.39, 0.29) is 16.8 Å². The third kappa shape index (κ3) is 4.51. The molecule has 1 aliphatic rings. The molecule has 3 aromatic rings. The molecule has 2 aromatic heterocycles. The molecule has 0 radical (unpaired) electrons. The van der Waals surface area contributed by atoms with Crippen LogP contribution >= 0.6 is 11.6 Å². The minimum atomic E-state index is -0.894. The van der Waals surface area contributed by atoms with Gasteiger partial charge < -0.3 is 10.2 Å². The fourth-order valence-corrected chi connectivity index (χ4v) is 3.77. The zero-order chi connectivity index (χ0) is 22.0. The number of hydrogen-bond acceptors (Lipinski definition) is 6. The number of hydrogen-bond donors (Lipinski definition) is 1. The van der Waals surface area contributed by atoms with Gasteiger partial charge in [0.2, 0.25) is 0 Å². The van der Waals surface area contributed by atoms with Crippen molar-refractivity contribution in [2.24, 2.45) is 0 Å². The van der Waals surface area contributed by atoms with Crippen molar-refractivity contribution in [3.05, 3.63) is 69.5 Å². The van der Waals surface area contributed by atoms with E-state index in [1.165, 1.54) is 6.20 Å². The van der Waals surface area contributed by atoms with Gasteiger partial charge in [0.15, 0.2) is 5.82 Å². The van der Waals surface area contributed by atoms with Gasteiger partial charge in [-0.3, -0.25) is 4.79 Å². The lowest BCUT2D eigenvalue weighted by Crippen LogP contribution is -2.40. The van der Waals surface area contributed by atoms with E-state index in [2.05, 4.69) is 32.2 Å². The van der Waals surface area contributed by atoms with Gasteiger partial charge in [0.1, 0.15) is 28.7 Å². The monoisotopic (exact) mass is 446 g/mol. The van der Waals surface area contributed by atoms with Crippen molar-refractivity contribution < 1.29 is 8.78 Å². The average Bonchev–Trinajstić information content (AvgIpc) is 2.78. The summed E-state index contributed by atoms with van der Waals surface area (Å²) in [6.45, 7) is 3.64. The first-order valence-electron chi connectivity index (χ1n) is 10.0. The Morgan fingerprint density at radius 2 is 1.97 bits per heavy atom. The Kier molecular flexibility index (Phi) is 6.13. The Bertz CT molecular complexity index is 1150. The second kappa shape index (κ2) is 8.97. The highest BCUT2D eigenvalue weighted by molar-refractivity contribution is 6.33. The zero-order valence-corrected chi connectivity index (χ0v) is 17.6. The number of aryl methyl sites for hydroxylation is 1. The first-order valence-corrected chi connectivity index (χ1v) is 10.4. The van der Waals surface area contributed by atoms with E-state index in [4.69, 9.17) is 11.6 Å². The molecular formula is C21H21ClF2N6O. The highest BCUT2D eigenvalue weighted by atomic mass is 35.5. The normalized spacial score (nSPS) is 14.6. The molecule has 1 saturated heterocycles. The van der Waals surface area contributed by atoms with E-state index < -0.39 is 17.2 Å². The van der Waals surface area contributed by atoms with Crippen molar-refractivity contribution in [2.45, 2.75) is 32.2 Å². The number of piperidine rings is 1. The van der Waals surface area contributed by atoms with Crippen molar-refractivity contribution >= 4 is 23.1 Å². The van der Waals surface area contributed by atoms with Crippen molar-refractivity contribution in [3.63, 3.8) is 0 Å². The van der Waals surface area contributed by atoms with Gasteiger partial charge in [-0.2, -0.15) is 9.78 Å². The van der Waals surface area contributed by atoms with Gasteiger partial charge in [-0.05, 0) is 31.4 Å². The van der Waals surface area contributed by atoms with Crippen LogP contribution in [0.4, 0.5) is 20.3 Å². The van der Waals surface area contributed by atoms with Crippen LogP contribution in [-0.4, -0.2) is 38.9 Å². The van der Waals surface area contributed by atoms with Gasteiger partial charge in [-0.1, -0.05) is 18.5 Å². The standard InChI is InChI=1S/C21H21ClF2N6O/c1-2-14-10-19(26-12-25-14)29-7-5-15(6-8-29)28-17-11-27-30(21(31)20(17)22)18-4-3-13(23)9-16(18)24/h3-4,9-12,15,28H,2,5-8H2,1H3. The van der Waals surface area contributed by atoms with Gasteiger partial charge in [0.05, 0.1) is 11.9 Å². The lowest BCUT2D eigenvalue weighted by atomic mass is 10.0. The van der Waals surface area contributed by atoms with E-state index in [0.717, 1.165) is 60.7 Å². The maximum Gasteiger partial charge on any atom is 0.292 e. The molecule has 0 spiro atoms. The predicted octanol–water partition coefficient (Wildman–Crippen LogP) is 3.60. The second-order valence-corrected chi connectivity index (χ2v) is 7.69. The number of nitrogens with zero attached hydrogens (tertiary/aromatic N) is 5. The van der Waals surface area contributed by atoms with E-state index in [0.29, 0.717) is 11.8 Å². The van der Waals surface area contributed by atoms with Gasteiger partial charge in [0, 0.05) is 37.0 Å². The van der Waals surface area contributed by atoms with E-state index in [1.807, 2.05) is 6.07 Å². The van der Waals surface area contributed by atoms with Gasteiger partial charge >= 0.3 is 0 Å². The summed E-state index contributed by atoms with van der Waals surface area (Å²) in [6, 6.07) is 5.00. The molecule has 0 saturated carbocycles. The molecule has 7 nitrogen and oxygen atoms in total. The Balaban J connectivity index is 1.46. The minimum absolute atomic E-state index is 0.0930. The lowest BCUT2D eigenvalue weighted by molar-refractivity contribution is 0.522. The highest BCUT2D eigenvalue weighted by Crippen LogP contribution is 2.24. The van der Waals surface area contributed by atoms with E-state index in [1.54, 1.807) is 6.33 Å². The van der Waals surface area contributed by atoms with E-state index >= 15 is 0 Å². The average molecular weight is 447 g/mol. The molecule has 0 amide bonds. The van der Waals surface area contributed by atoms with Crippen LogP contribution in [0.3, 0.4) is 0 Å². The number of rotatable bonds is 5. The third-order valence-corrected chi connectivity index (χ3v) is 5.67. The molecule has 31 heavy (non-hydrogen) atoms. The summed E-state index contributed by atoms with van der Waals surface area (Å²) in [4.78, 5) is 23.4. The summed E-state index contributed by atoms with van der Waals surface area (Å²) in [6.07, 6.45) is 5.46. The van der Waals surface area contributed by atoms with Crippen LogP contribution in [0.25, 0.3) is 5.69 Å². The van der Waals surface area contributed by atoms with Crippen LogP contribution in [0, 0.1) is 11.6 Å². The number of anilines is 2. The summed E-state index contributed by atoms with van der Waals surface area (Å²) >= 11 is 6.25. The number of halogens is 3. The first kappa shape index (κ1) is 21.2.